The Morgan fingerprint density at radius 1 is 1.07 bits per heavy atom. The summed E-state index contributed by atoms with van der Waals surface area (Å²) in [6.07, 6.45) is -6.33. The van der Waals surface area contributed by atoms with Crippen LogP contribution in [0.15, 0.2) is 65.1 Å². The van der Waals surface area contributed by atoms with Crippen LogP contribution in [-0.4, -0.2) is 36.2 Å². The van der Waals surface area contributed by atoms with Gasteiger partial charge in [0.15, 0.2) is 0 Å². The lowest BCUT2D eigenvalue weighted by molar-refractivity contribution is -0.194. The van der Waals surface area contributed by atoms with Crippen molar-refractivity contribution in [2.24, 2.45) is 5.73 Å². The van der Waals surface area contributed by atoms with E-state index in [-0.39, 0.29) is 46.3 Å². The molecule has 0 spiro atoms. The molecular weight excluding hydrogens is 578 g/mol. The number of carbonyl (C=O) groups excluding carboxylic acids is 2. The first-order valence-electron chi connectivity index (χ1n) is 13.3. The van der Waals surface area contributed by atoms with Gasteiger partial charge in [-0.15, -0.1) is 0 Å². The largest absolute Gasteiger partial charge is 0.455 e. The van der Waals surface area contributed by atoms with Crippen LogP contribution in [0, 0.1) is 5.82 Å². The van der Waals surface area contributed by atoms with Crippen molar-refractivity contribution < 1.29 is 45.1 Å². The van der Waals surface area contributed by atoms with Crippen molar-refractivity contribution in [3.63, 3.8) is 0 Å². The SMILES string of the molecule is CC1(NC(=O)c2cccc(-c3cc4c(C(N)=O)c(-c5ccc(F)cc5)oc4cc3CCC(F)(F)F)c2)CC(OC(F)F)C1. The highest BCUT2D eigenvalue weighted by Crippen LogP contribution is 2.39. The van der Waals surface area contributed by atoms with E-state index in [0.29, 0.717) is 16.7 Å². The number of aryl methyl sites for hydroxylation is 1. The van der Waals surface area contributed by atoms with E-state index in [4.69, 9.17) is 10.2 Å². The fraction of sp³-hybridized carbons (Fsp3) is 0.290. The molecule has 0 unspecified atom stereocenters. The van der Waals surface area contributed by atoms with Gasteiger partial charge in [0.1, 0.15) is 17.2 Å². The molecule has 5 rings (SSSR count). The summed E-state index contributed by atoms with van der Waals surface area (Å²) >= 11 is 0. The summed E-state index contributed by atoms with van der Waals surface area (Å²) in [6.45, 7) is -1.21. The maximum absolute atomic E-state index is 13.5. The van der Waals surface area contributed by atoms with E-state index >= 15 is 0 Å². The number of benzene rings is 3. The van der Waals surface area contributed by atoms with Crippen molar-refractivity contribution in [1.29, 1.82) is 0 Å². The highest BCUT2D eigenvalue weighted by molar-refractivity contribution is 6.11. The Morgan fingerprint density at radius 2 is 1.77 bits per heavy atom. The van der Waals surface area contributed by atoms with Gasteiger partial charge < -0.3 is 20.2 Å². The number of nitrogens with two attached hydrogens (primary N) is 1. The van der Waals surface area contributed by atoms with Crippen LogP contribution < -0.4 is 11.1 Å². The van der Waals surface area contributed by atoms with Gasteiger partial charge in [0, 0.05) is 28.5 Å². The van der Waals surface area contributed by atoms with Gasteiger partial charge in [0.05, 0.1) is 11.7 Å². The molecule has 2 amide bonds. The number of furan rings is 1. The molecule has 3 N–H and O–H groups in total. The van der Waals surface area contributed by atoms with Crippen LogP contribution in [0.5, 0.6) is 0 Å². The molecule has 0 aliphatic heterocycles. The molecular formula is C31H26F6N2O4. The number of fused-ring (bicyclic) bond motifs is 1. The Kier molecular flexibility index (Phi) is 7.99. The van der Waals surface area contributed by atoms with Crippen LogP contribution >= 0.6 is 0 Å². The smallest absolute Gasteiger partial charge is 0.389 e. The zero-order chi connectivity index (χ0) is 31.1. The second-order valence-electron chi connectivity index (χ2n) is 10.8. The predicted octanol–water partition coefficient (Wildman–Crippen LogP) is 7.39. The fourth-order valence-electron chi connectivity index (χ4n) is 5.45. The third kappa shape index (κ3) is 6.69. The summed E-state index contributed by atoms with van der Waals surface area (Å²) in [5.41, 5.74) is 6.49. The minimum atomic E-state index is -4.46. The van der Waals surface area contributed by atoms with Gasteiger partial charge in [-0.1, -0.05) is 12.1 Å². The third-order valence-corrected chi connectivity index (χ3v) is 7.45. The molecule has 43 heavy (non-hydrogen) atoms. The Morgan fingerprint density at radius 3 is 2.40 bits per heavy atom. The van der Waals surface area contributed by atoms with E-state index in [1.54, 1.807) is 19.1 Å². The molecule has 1 heterocycles. The maximum Gasteiger partial charge on any atom is 0.389 e. The summed E-state index contributed by atoms with van der Waals surface area (Å²) in [7, 11) is 0. The number of ether oxygens (including phenoxy) is 1. The van der Waals surface area contributed by atoms with Crippen molar-refractivity contribution >= 4 is 22.8 Å². The molecule has 1 aromatic heterocycles. The lowest BCUT2D eigenvalue weighted by Crippen LogP contribution is -2.58. The fourth-order valence-corrected chi connectivity index (χ4v) is 5.45. The summed E-state index contributed by atoms with van der Waals surface area (Å²) < 4.78 is 88.7. The lowest BCUT2D eigenvalue weighted by Gasteiger charge is -2.45. The van der Waals surface area contributed by atoms with Gasteiger partial charge in [-0.2, -0.15) is 22.0 Å². The van der Waals surface area contributed by atoms with Crippen molar-refractivity contribution in [3.05, 3.63) is 83.2 Å². The minimum Gasteiger partial charge on any atom is -0.455 e. The first kappa shape index (κ1) is 30.1. The average Bonchev–Trinajstić information content (AvgIpc) is 3.29. The molecule has 1 aliphatic carbocycles. The molecule has 0 atom stereocenters. The number of amides is 2. The van der Waals surface area contributed by atoms with Crippen molar-refractivity contribution in [1.82, 2.24) is 5.32 Å². The molecule has 6 nitrogen and oxygen atoms in total. The standard InChI is InChI=1S/C31H26F6N2O4/c1-30(14-21(15-30)42-29(33)34)39-28(41)19-4-2-3-17(11-19)22-13-23-24(12-18(22)9-10-31(35,36)37)43-26(25(23)27(38)40)16-5-7-20(32)8-6-16/h2-8,11-13,21,29H,9-10,14-15H2,1H3,(H2,38,40)(H,39,41). The Balaban J connectivity index is 1.54. The van der Waals surface area contributed by atoms with Crippen LogP contribution in [0.3, 0.4) is 0 Å². The summed E-state index contributed by atoms with van der Waals surface area (Å²) in [5, 5.41) is 3.05. The third-order valence-electron chi connectivity index (χ3n) is 7.45. The van der Waals surface area contributed by atoms with E-state index in [2.05, 4.69) is 10.1 Å². The van der Waals surface area contributed by atoms with Crippen LogP contribution in [0.1, 0.15) is 52.5 Å². The van der Waals surface area contributed by atoms with Crippen LogP contribution in [0.2, 0.25) is 0 Å². The zero-order valence-electron chi connectivity index (χ0n) is 22.7. The molecule has 0 bridgehead atoms. The first-order chi connectivity index (χ1) is 20.2. The topological polar surface area (TPSA) is 94.6 Å². The normalized spacial score (nSPS) is 18.6. The highest BCUT2D eigenvalue weighted by Gasteiger charge is 2.43. The molecule has 0 saturated heterocycles. The Bertz CT molecular complexity index is 1670. The van der Waals surface area contributed by atoms with Crippen molar-refractivity contribution in [2.45, 2.75) is 57.0 Å². The number of hydrogen-bond acceptors (Lipinski definition) is 4. The first-order valence-corrected chi connectivity index (χ1v) is 13.3. The molecule has 1 saturated carbocycles. The number of alkyl halides is 5. The van der Waals surface area contributed by atoms with Crippen LogP contribution in [-0.2, 0) is 11.2 Å². The summed E-state index contributed by atoms with van der Waals surface area (Å²) in [5.74, 6) is -1.84. The monoisotopic (exact) mass is 604 g/mol. The second kappa shape index (κ2) is 11.4. The van der Waals surface area contributed by atoms with Gasteiger partial charge in [-0.3, -0.25) is 9.59 Å². The summed E-state index contributed by atoms with van der Waals surface area (Å²) in [4.78, 5) is 25.7. The molecule has 3 aromatic carbocycles. The number of primary amides is 1. The van der Waals surface area contributed by atoms with Crippen molar-refractivity contribution in [3.8, 4) is 22.5 Å². The van der Waals surface area contributed by atoms with Crippen molar-refractivity contribution in [2.75, 3.05) is 0 Å². The number of nitrogens with one attached hydrogen (secondary N) is 1. The number of hydrogen-bond donors (Lipinski definition) is 2. The van der Waals surface area contributed by atoms with E-state index < -0.39 is 54.9 Å². The van der Waals surface area contributed by atoms with E-state index in [1.807, 2.05) is 0 Å². The van der Waals surface area contributed by atoms with E-state index in [9.17, 15) is 35.9 Å². The maximum atomic E-state index is 13.5. The van der Waals surface area contributed by atoms with E-state index in [1.165, 1.54) is 48.5 Å². The zero-order valence-corrected chi connectivity index (χ0v) is 22.7. The quantitative estimate of drug-likeness (QED) is 0.195. The van der Waals surface area contributed by atoms with Gasteiger partial charge in [0.25, 0.3) is 11.8 Å². The Labute approximate surface area is 241 Å². The van der Waals surface area contributed by atoms with E-state index in [0.717, 1.165) is 0 Å². The summed E-state index contributed by atoms with van der Waals surface area (Å²) in [6, 6.07) is 14.2. The highest BCUT2D eigenvalue weighted by atomic mass is 19.4. The van der Waals surface area contributed by atoms with Gasteiger partial charge in [-0.05, 0) is 91.4 Å². The lowest BCUT2D eigenvalue weighted by atomic mass is 9.75. The average molecular weight is 605 g/mol. The molecule has 1 fully saturated rings. The second-order valence-corrected chi connectivity index (χ2v) is 10.8. The minimum absolute atomic E-state index is 0.0300. The molecule has 226 valence electrons. The predicted molar refractivity (Wildman–Crippen MR) is 146 cm³/mol. The Hall–Kier alpha value is -4.32. The van der Waals surface area contributed by atoms with Gasteiger partial charge in [0.2, 0.25) is 0 Å². The van der Waals surface area contributed by atoms with Gasteiger partial charge >= 0.3 is 12.8 Å². The number of halogens is 6. The van der Waals surface area contributed by atoms with Crippen LogP contribution in [0.25, 0.3) is 33.4 Å². The molecule has 12 heteroatoms. The number of rotatable bonds is 9. The van der Waals surface area contributed by atoms with Crippen LogP contribution in [0.4, 0.5) is 26.3 Å². The van der Waals surface area contributed by atoms with Gasteiger partial charge in [-0.25, -0.2) is 4.39 Å². The number of carbonyl (C=O) groups is 2. The molecule has 0 radical (unpaired) electrons. The molecule has 1 aliphatic rings. The molecule has 4 aromatic rings.